The van der Waals surface area contributed by atoms with E-state index in [1.54, 1.807) is 36.2 Å². The van der Waals surface area contributed by atoms with Crippen LogP contribution in [-0.2, 0) is 10.3 Å². The van der Waals surface area contributed by atoms with E-state index < -0.39 is 5.54 Å². The minimum Gasteiger partial charge on any atom is -0.491 e. The number of ether oxygens (including phenoxy) is 1. The molecule has 146 valence electrons. The highest BCUT2D eigenvalue weighted by molar-refractivity contribution is 5.83. The van der Waals surface area contributed by atoms with Crippen molar-refractivity contribution in [3.05, 3.63) is 59.2 Å². The molecule has 7 heteroatoms. The van der Waals surface area contributed by atoms with Gasteiger partial charge in [0.15, 0.2) is 0 Å². The van der Waals surface area contributed by atoms with Crippen LogP contribution < -0.4 is 10.1 Å². The molecule has 3 heterocycles. The number of likely N-dealkylation sites (tertiary alicyclic amines) is 1. The molecule has 0 bridgehead atoms. The van der Waals surface area contributed by atoms with Gasteiger partial charge < -0.3 is 15.0 Å². The summed E-state index contributed by atoms with van der Waals surface area (Å²) < 4.78 is 20.1. The summed E-state index contributed by atoms with van der Waals surface area (Å²) in [5.41, 5.74) is 0.723. The van der Waals surface area contributed by atoms with E-state index in [2.05, 4.69) is 10.3 Å². The molecule has 0 spiro atoms. The summed E-state index contributed by atoms with van der Waals surface area (Å²) in [7, 11) is 0. The van der Waals surface area contributed by atoms with E-state index in [0.717, 1.165) is 0 Å². The number of ketones is 1. The first-order chi connectivity index (χ1) is 13.5. The summed E-state index contributed by atoms with van der Waals surface area (Å²) in [5, 5.41) is 3.10. The molecule has 2 amide bonds. The number of piperidine rings is 1. The van der Waals surface area contributed by atoms with Gasteiger partial charge in [-0.1, -0.05) is 12.1 Å². The minimum atomic E-state index is -0.998. The van der Waals surface area contributed by atoms with Gasteiger partial charge in [-0.3, -0.25) is 9.78 Å². The van der Waals surface area contributed by atoms with Crippen molar-refractivity contribution >= 4 is 11.8 Å². The van der Waals surface area contributed by atoms with Crippen molar-refractivity contribution in [2.75, 3.05) is 19.7 Å². The third-order valence-electron chi connectivity index (χ3n) is 5.50. The molecule has 4 rings (SSSR count). The van der Waals surface area contributed by atoms with Gasteiger partial charge in [0.25, 0.3) is 0 Å². The van der Waals surface area contributed by atoms with Gasteiger partial charge in [-0.2, -0.15) is 0 Å². The zero-order valence-corrected chi connectivity index (χ0v) is 15.7. The smallest absolute Gasteiger partial charge is 0.318 e. The summed E-state index contributed by atoms with van der Waals surface area (Å²) in [6, 6.07) is 8.26. The standard InChI is InChI=1S/C21H22FN3O3/c1-14-4-5-15(13-17(14)22)21(8-12-28-18-3-2-9-23-19(18)21)24-20(27)25-10-6-16(26)7-11-25/h2-5,9,13H,6-8,10-12H2,1H3,(H,24,27)/t21-/m0/s1. The zero-order chi connectivity index (χ0) is 19.7. The van der Waals surface area contributed by atoms with Crippen molar-refractivity contribution in [2.45, 2.75) is 31.7 Å². The number of carbonyl (C=O) groups is 2. The van der Waals surface area contributed by atoms with Crippen molar-refractivity contribution in [3.63, 3.8) is 0 Å². The van der Waals surface area contributed by atoms with Crippen LogP contribution in [0.15, 0.2) is 36.5 Å². The molecule has 1 N–H and O–H groups in total. The van der Waals surface area contributed by atoms with Gasteiger partial charge in [0.05, 0.1) is 6.61 Å². The van der Waals surface area contributed by atoms with E-state index in [1.807, 2.05) is 6.07 Å². The molecule has 2 aliphatic heterocycles. The Morgan fingerprint density at radius 1 is 1.29 bits per heavy atom. The molecule has 0 unspecified atom stereocenters. The normalized spacial score (nSPS) is 21.6. The average Bonchev–Trinajstić information content (AvgIpc) is 2.70. The Bertz CT molecular complexity index is 923. The van der Waals surface area contributed by atoms with Gasteiger partial charge in [-0.15, -0.1) is 0 Å². The number of amides is 2. The Morgan fingerprint density at radius 3 is 2.82 bits per heavy atom. The van der Waals surface area contributed by atoms with E-state index in [9.17, 15) is 14.0 Å². The van der Waals surface area contributed by atoms with Crippen LogP contribution in [-0.4, -0.2) is 41.4 Å². The zero-order valence-electron chi connectivity index (χ0n) is 15.7. The Labute approximate surface area is 162 Å². The molecule has 1 aromatic heterocycles. The summed E-state index contributed by atoms with van der Waals surface area (Å²) >= 11 is 0. The third-order valence-corrected chi connectivity index (χ3v) is 5.50. The second kappa shape index (κ2) is 7.22. The Hall–Kier alpha value is -2.96. The van der Waals surface area contributed by atoms with E-state index >= 15 is 0 Å². The Balaban J connectivity index is 1.76. The van der Waals surface area contributed by atoms with Crippen LogP contribution in [0.2, 0.25) is 0 Å². The van der Waals surface area contributed by atoms with Crippen LogP contribution in [0, 0.1) is 12.7 Å². The number of nitrogens with zero attached hydrogens (tertiary/aromatic N) is 2. The molecule has 2 aromatic rings. The number of aryl methyl sites for hydroxylation is 1. The minimum absolute atomic E-state index is 0.164. The molecule has 0 radical (unpaired) electrons. The molecule has 0 aliphatic carbocycles. The van der Waals surface area contributed by atoms with Gasteiger partial charge in [-0.25, -0.2) is 9.18 Å². The maximum Gasteiger partial charge on any atom is 0.318 e. The van der Waals surface area contributed by atoms with Gasteiger partial charge in [-0.05, 0) is 36.2 Å². The largest absolute Gasteiger partial charge is 0.491 e. The quantitative estimate of drug-likeness (QED) is 0.866. The molecule has 2 aliphatic rings. The molecule has 28 heavy (non-hydrogen) atoms. The van der Waals surface area contributed by atoms with E-state index in [1.165, 1.54) is 6.07 Å². The van der Waals surface area contributed by atoms with Crippen LogP contribution in [0.1, 0.15) is 36.1 Å². The number of carbonyl (C=O) groups excluding carboxylic acids is 2. The van der Waals surface area contributed by atoms with E-state index in [0.29, 0.717) is 61.5 Å². The highest BCUT2D eigenvalue weighted by Gasteiger charge is 2.43. The molecular weight excluding hydrogens is 361 g/mol. The fourth-order valence-electron chi connectivity index (χ4n) is 3.81. The molecule has 1 aromatic carbocycles. The first-order valence-electron chi connectivity index (χ1n) is 9.43. The molecule has 1 saturated heterocycles. The number of Topliss-reactive ketones (excluding diaryl/α,β-unsaturated/α-hetero) is 1. The molecule has 1 fully saturated rings. The maximum atomic E-state index is 14.4. The SMILES string of the molecule is Cc1ccc([C@@]2(NC(=O)N3CCC(=O)CC3)CCOc3cccnc32)cc1F. The number of hydrogen-bond acceptors (Lipinski definition) is 4. The van der Waals surface area contributed by atoms with Crippen molar-refractivity contribution in [2.24, 2.45) is 0 Å². The number of pyridine rings is 1. The van der Waals surface area contributed by atoms with Gasteiger partial charge in [0.1, 0.15) is 28.6 Å². The van der Waals surface area contributed by atoms with Gasteiger partial charge >= 0.3 is 6.03 Å². The number of aromatic nitrogens is 1. The molecular formula is C21H22FN3O3. The van der Waals surface area contributed by atoms with Gasteiger partial charge in [0.2, 0.25) is 0 Å². The fraction of sp³-hybridized carbons (Fsp3) is 0.381. The van der Waals surface area contributed by atoms with Crippen molar-refractivity contribution in [1.29, 1.82) is 0 Å². The summed E-state index contributed by atoms with van der Waals surface area (Å²) in [6.07, 6.45) is 2.78. The molecule has 0 saturated carbocycles. The number of urea groups is 1. The number of halogens is 1. The number of fused-ring (bicyclic) bond motifs is 1. The topological polar surface area (TPSA) is 71.5 Å². The lowest BCUT2D eigenvalue weighted by Gasteiger charge is -2.40. The number of hydrogen-bond donors (Lipinski definition) is 1. The second-order valence-corrected chi connectivity index (χ2v) is 7.27. The average molecular weight is 383 g/mol. The predicted octanol–water partition coefficient (Wildman–Crippen LogP) is 2.93. The van der Waals surface area contributed by atoms with Crippen molar-refractivity contribution < 1.29 is 18.7 Å². The van der Waals surface area contributed by atoms with Crippen molar-refractivity contribution in [3.8, 4) is 5.75 Å². The van der Waals surface area contributed by atoms with Crippen LogP contribution in [0.25, 0.3) is 0 Å². The highest BCUT2D eigenvalue weighted by atomic mass is 19.1. The summed E-state index contributed by atoms with van der Waals surface area (Å²) in [4.78, 5) is 30.7. The third kappa shape index (κ3) is 3.21. The lowest BCUT2D eigenvalue weighted by Crippen LogP contribution is -2.55. The van der Waals surface area contributed by atoms with E-state index in [4.69, 9.17) is 4.74 Å². The first kappa shape index (κ1) is 18.4. The Morgan fingerprint density at radius 2 is 2.07 bits per heavy atom. The molecule has 1 atom stereocenters. The Kier molecular flexibility index (Phi) is 4.75. The van der Waals surface area contributed by atoms with Gasteiger partial charge in [0, 0.05) is 38.5 Å². The second-order valence-electron chi connectivity index (χ2n) is 7.27. The molecule has 6 nitrogen and oxygen atoms in total. The highest BCUT2D eigenvalue weighted by Crippen LogP contribution is 2.41. The first-order valence-corrected chi connectivity index (χ1v) is 9.43. The van der Waals surface area contributed by atoms with Crippen LogP contribution >= 0.6 is 0 Å². The van der Waals surface area contributed by atoms with Crippen LogP contribution in [0.3, 0.4) is 0 Å². The fourth-order valence-corrected chi connectivity index (χ4v) is 3.81. The number of nitrogens with one attached hydrogen (secondary N) is 1. The number of rotatable bonds is 2. The van der Waals surface area contributed by atoms with E-state index in [-0.39, 0.29) is 17.6 Å². The lowest BCUT2D eigenvalue weighted by atomic mass is 9.81. The summed E-state index contributed by atoms with van der Waals surface area (Å²) in [6.45, 7) is 2.83. The van der Waals surface area contributed by atoms with Crippen LogP contribution in [0.5, 0.6) is 5.75 Å². The lowest BCUT2D eigenvalue weighted by molar-refractivity contribution is -0.120. The number of benzene rings is 1. The van der Waals surface area contributed by atoms with Crippen molar-refractivity contribution in [1.82, 2.24) is 15.2 Å². The predicted molar refractivity (Wildman–Crippen MR) is 101 cm³/mol. The van der Waals surface area contributed by atoms with Crippen LogP contribution in [0.4, 0.5) is 9.18 Å². The monoisotopic (exact) mass is 383 g/mol. The maximum absolute atomic E-state index is 14.4. The summed E-state index contributed by atoms with van der Waals surface area (Å²) in [5.74, 6) is 0.403.